The van der Waals surface area contributed by atoms with Gasteiger partial charge in [-0.2, -0.15) is 0 Å². The van der Waals surface area contributed by atoms with Crippen molar-refractivity contribution in [3.8, 4) is 0 Å². The fraction of sp³-hybridized carbons (Fsp3) is 0.286. The summed E-state index contributed by atoms with van der Waals surface area (Å²) in [6, 6.07) is 10.5. The topological polar surface area (TPSA) is 58.1 Å². The van der Waals surface area contributed by atoms with Crippen LogP contribution in [0.15, 0.2) is 36.4 Å². The van der Waals surface area contributed by atoms with Crippen molar-refractivity contribution >= 4 is 16.9 Å². The lowest BCUT2D eigenvalue weighted by molar-refractivity contribution is 0.0923. The normalized spacial score (nSPS) is 17.0. The van der Waals surface area contributed by atoms with E-state index in [9.17, 15) is 9.18 Å². The Morgan fingerprint density at radius 2 is 1.93 bits per heavy atom. The molecule has 0 saturated carbocycles. The fourth-order valence-electron chi connectivity index (χ4n) is 3.61. The number of halogens is 1. The number of rotatable bonds is 2. The maximum atomic E-state index is 14.1. The zero-order chi connectivity index (χ0) is 19.1. The standard InChI is InChI=1S/C21H21FN4O/c1-12-13(2)24-20-17(8-15(22)9-18(20)23-12)21(27)25-19-11-26(3)10-14-6-4-5-7-16(14)19/h4-9,19H,10-11H2,1-3H3,(H,25,27). The Hall–Kier alpha value is -2.86. The van der Waals surface area contributed by atoms with Crippen LogP contribution in [0.4, 0.5) is 4.39 Å². The van der Waals surface area contributed by atoms with Crippen LogP contribution >= 0.6 is 0 Å². The van der Waals surface area contributed by atoms with Crippen LogP contribution in [0.25, 0.3) is 11.0 Å². The Morgan fingerprint density at radius 1 is 1.19 bits per heavy atom. The third-order valence-corrected chi connectivity index (χ3v) is 5.06. The molecule has 0 radical (unpaired) electrons. The molecule has 1 aromatic heterocycles. The van der Waals surface area contributed by atoms with Crippen LogP contribution < -0.4 is 5.32 Å². The summed E-state index contributed by atoms with van der Waals surface area (Å²) in [5.41, 5.74) is 4.77. The van der Waals surface area contributed by atoms with Gasteiger partial charge in [0.15, 0.2) is 0 Å². The molecule has 1 N–H and O–H groups in total. The molecular weight excluding hydrogens is 343 g/mol. The molecule has 4 rings (SSSR count). The Kier molecular flexibility index (Phi) is 4.36. The van der Waals surface area contributed by atoms with Crippen LogP contribution in [0.1, 0.15) is 38.9 Å². The van der Waals surface area contributed by atoms with Gasteiger partial charge in [-0.1, -0.05) is 24.3 Å². The maximum absolute atomic E-state index is 14.1. The van der Waals surface area contributed by atoms with E-state index >= 15 is 0 Å². The van der Waals surface area contributed by atoms with Gasteiger partial charge in [-0.25, -0.2) is 14.4 Å². The van der Waals surface area contributed by atoms with E-state index in [0.717, 1.165) is 23.5 Å². The highest BCUT2D eigenvalue weighted by Gasteiger charge is 2.26. The molecule has 0 aliphatic carbocycles. The van der Waals surface area contributed by atoms with E-state index in [1.807, 2.05) is 39.1 Å². The molecule has 6 heteroatoms. The highest BCUT2D eigenvalue weighted by molar-refractivity contribution is 6.05. The number of nitrogens with zero attached hydrogens (tertiary/aromatic N) is 3. The second kappa shape index (κ2) is 6.70. The lowest BCUT2D eigenvalue weighted by Crippen LogP contribution is -2.40. The Bertz CT molecular complexity index is 1050. The Labute approximate surface area is 157 Å². The number of carbonyl (C=O) groups is 1. The first-order valence-corrected chi connectivity index (χ1v) is 8.94. The van der Waals surface area contributed by atoms with E-state index in [4.69, 9.17) is 0 Å². The lowest BCUT2D eigenvalue weighted by Gasteiger charge is -2.32. The van der Waals surface area contributed by atoms with Crippen molar-refractivity contribution in [1.29, 1.82) is 0 Å². The molecule has 1 aliphatic rings. The highest BCUT2D eigenvalue weighted by atomic mass is 19.1. The van der Waals surface area contributed by atoms with Crippen LogP contribution in [-0.4, -0.2) is 34.4 Å². The molecule has 0 fully saturated rings. The van der Waals surface area contributed by atoms with Crippen molar-refractivity contribution < 1.29 is 9.18 Å². The summed E-state index contributed by atoms with van der Waals surface area (Å²) in [5.74, 6) is -0.835. The van der Waals surface area contributed by atoms with Gasteiger partial charge in [0.2, 0.25) is 0 Å². The summed E-state index contributed by atoms with van der Waals surface area (Å²) >= 11 is 0. The van der Waals surface area contributed by atoms with Gasteiger partial charge in [0.25, 0.3) is 5.91 Å². The molecule has 5 nitrogen and oxygen atoms in total. The number of fused-ring (bicyclic) bond motifs is 2. The van der Waals surface area contributed by atoms with Crippen molar-refractivity contribution in [3.63, 3.8) is 0 Å². The Morgan fingerprint density at radius 3 is 2.74 bits per heavy atom. The third-order valence-electron chi connectivity index (χ3n) is 5.06. The molecule has 0 spiro atoms. The Balaban J connectivity index is 1.73. The minimum atomic E-state index is -0.494. The van der Waals surface area contributed by atoms with Gasteiger partial charge >= 0.3 is 0 Å². The molecule has 1 amide bonds. The predicted molar refractivity (Wildman–Crippen MR) is 102 cm³/mol. The molecule has 138 valence electrons. The van der Waals surface area contributed by atoms with Crippen LogP contribution in [-0.2, 0) is 6.54 Å². The first kappa shape index (κ1) is 17.5. The number of hydrogen-bond acceptors (Lipinski definition) is 4. The second-order valence-corrected chi connectivity index (χ2v) is 7.14. The lowest BCUT2D eigenvalue weighted by atomic mass is 9.95. The molecule has 3 aromatic rings. The van der Waals surface area contributed by atoms with Gasteiger partial charge in [-0.15, -0.1) is 0 Å². The molecule has 2 aromatic carbocycles. The van der Waals surface area contributed by atoms with Crippen molar-refractivity contribution in [1.82, 2.24) is 20.2 Å². The highest BCUT2D eigenvalue weighted by Crippen LogP contribution is 2.26. The number of hydrogen-bond donors (Lipinski definition) is 1. The zero-order valence-corrected chi connectivity index (χ0v) is 15.6. The average molecular weight is 364 g/mol. The number of aryl methyl sites for hydroxylation is 2. The number of likely N-dealkylation sites (N-methyl/N-ethyl adjacent to an activating group) is 1. The smallest absolute Gasteiger partial charge is 0.254 e. The molecule has 27 heavy (non-hydrogen) atoms. The van der Waals surface area contributed by atoms with Crippen molar-refractivity contribution in [2.24, 2.45) is 0 Å². The quantitative estimate of drug-likeness (QED) is 0.758. The van der Waals surface area contributed by atoms with Gasteiger partial charge in [-0.05, 0) is 38.1 Å². The summed E-state index contributed by atoms with van der Waals surface area (Å²) in [6.07, 6.45) is 0. The molecule has 1 atom stereocenters. The zero-order valence-electron chi connectivity index (χ0n) is 15.6. The summed E-state index contributed by atoms with van der Waals surface area (Å²) in [5, 5.41) is 3.06. The summed E-state index contributed by atoms with van der Waals surface area (Å²) in [4.78, 5) is 24.1. The van der Waals surface area contributed by atoms with Gasteiger partial charge in [-0.3, -0.25) is 9.69 Å². The van der Waals surface area contributed by atoms with Gasteiger partial charge in [0.1, 0.15) is 11.3 Å². The number of amides is 1. The maximum Gasteiger partial charge on any atom is 0.254 e. The average Bonchev–Trinajstić information content (AvgIpc) is 2.62. The molecule has 0 saturated heterocycles. The summed E-state index contributed by atoms with van der Waals surface area (Å²) in [7, 11) is 2.02. The molecule has 1 unspecified atom stereocenters. The SMILES string of the molecule is Cc1nc2cc(F)cc(C(=O)NC3CN(C)Cc4ccccc43)c2nc1C. The molecular formula is C21H21FN4O. The summed E-state index contributed by atoms with van der Waals surface area (Å²) < 4.78 is 14.1. The fourth-order valence-corrected chi connectivity index (χ4v) is 3.61. The first-order chi connectivity index (χ1) is 12.9. The molecule has 0 bridgehead atoms. The van der Waals surface area contributed by atoms with Gasteiger partial charge < -0.3 is 5.32 Å². The van der Waals surface area contributed by atoms with Crippen LogP contribution in [0, 0.1) is 19.7 Å². The van der Waals surface area contributed by atoms with E-state index < -0.39 is 5.82 Å². The summed E-state index contributed by atoms with van der Waals surface area (Å²) in [6.45, 7) is 5.19. The molecule has 1 aliphatic heterocycles. The number of carbonyl (C=O) groups excluding carboxylic acids is 1. The van der Waals surface area contributed by atoms with E-state index in [-0.39, 0.29) is 17.5 Å². The van der Waals surface area contributed by atoms with Crippen LogP contribution in [0.2, 0.25) is 0 Å². The molecule has 2 heterocycles. The monoisotopic (exact) mass is 364 g/mol. The first-order valence-electron chi connectivity index (χ1n) is 8.94. The third kappa shape index (κ3) is 3.28. The van der Waals surface area contributed by atoms with E-state index in [2.05, 4.69) is 26.3 Å². The largest absolute Gasteiger partial charge is 0.344 e. The predicted octanol–water partition coefficient (Wildman–Crippen LogP) is 3.30. The number of benzene rings is 2. The van der Waals surface area contributed by atoms with E-state index in [1.165, 1.54) is 17.7 Å². The minimum absolute atomic E-state index is 0.162. The van der Waals surface area contributed by atoms with Crippen molar-refractivity contribution in [2.75, 3.05) is 13.6 Å². The van der Waals surface area contributed by atoms with Gasteiger partial charge in [0.05, 0.1) is 28.5 Å². The number of aromatic nitrogens is 2. The van der Waals surface area contributed by atoms with Crippen LogP contribution in [0.5, 0.6) is 0 Å². The van der Waals surface area contributed by atoms with Crippen molar-refractivity contribution in [2.45, 2.75) is 26.4 Å². The second-order valence-electron chi connectivity index (χ2n) is 7.14. The van der Waals surface area contributed by atoms with Crippen molar-refractivity contribution in [3.05, 3.63) is 70.3 Å². The number of nitrogens with one attached hydrogen (secondary N) is 1. The van der Waals surface area contributed by atoms with Gasteiger partial charge in [0, 0.05) is 19.2 Å². The minimum Gasteiger partial charge on any atom is -0.344 e. The van der Waals surface area contributed by atoms with E-state index in [1.54, 1.807) is 0 Å². The van der Waals surface area contributed by atoms with Crippen LogP contribution in [0.3, 0.4) is 0 Å². The van der Waals surface area contributed by atoms with E-state index in [0.29, 0.717) is 17.6 Å².